The summed E-state index contributed by atoms with van der Waals surface area (Å²) in [4.78, 5) is 11.4. The number of aromatic nitrogens is 2. The molecular weight excluding hydrogens is 276 g/mol. The number of hydrogen-bond donors (Lipinski definition) is 1. The van der Waals surface area contributed by atoms with Gasteiger partial charge in [0.2, 0.25) is 0 Å². The highest BCUT2D eigenvalue weighted by Crippen LogP contribution is 2.28. The van der Waals surface area contributed by atoms with Gasteiger partial charge in [-0.15, -0.1) is 0 Å². The van der Waals surface area contributed by atoms with E-state index in [1.165, 1.54) is 0 Å². The van der Waals surface area contributed by atoms with Crippen LogP contribution in [0.4, 0.5) is 0 Å². The number of carboxylic acid groups (broad SMARTS) is 1. The van der Waals surface area contributed by atoms with Crippen molar-refractivity contribution in [1.29, 1.82) is 0 Å². The summed E-state index contributed by atoms with van der Waals surface area (Å²) in [6.45, 7) is 1.96. The summed E-state index contributed by atoms with van der Waals surface area (Å²) >= 11 is 5.98. The van der Waals surface area contributed by atoms with Crippen LogP contribution >= 0.6 is 11.6 Å². The van der Waals surface area contributed by atoms with E-state index in [0.717, 1.165) is 48.2 Å². The lowest BCUT2D eigenvalue weighted by atomic mass is 9.95. The zero-order chi connectivity index (χ0) is 14.3. The lowest BCUT2D eigenvalue weighted by Crippen LogP contribution is -2.09. The van der Waals surface area contributed by atoms with Gasteiger partial charge in [-0.1, -0.05) is 11.6 Å². The van der Waals surface area contributed by atoms with Crippen LogP contribution in [0.15, 0.2) is 18.2 Å². The molecule has 0 fully saturated rings. The fourth-order valence-electron chi connectivity index (χ4n) is 2.83. The summed E-state index contributed by atoms with van der Waals surface area (Å²) in [5, 5.41) is 14.3. The summed E-state index contributed by atoms with van der Waals surface area (Å²) in [5.74, 6) is -0.950. The Hall–Kier alpha value is -1.81. The standard InChI is InChI=1S/C15H15ClN2O2/c1-9-8-10(16)6-7-12(9)18-13-5-3-2-4-11(13)14(17-18)15(19)20/h6-8H,2-5H2,1H3,(H,19,20). The van der Waals surface area contributed by atoms with Gasteiger partial charge < -0.3 is 5.11 Å². The van der Waals surface area contributed by atoms with E-state index in [0.29, 0.717) is 5.02 Å². The first-order valence-electron chi connectivity index (χ1n) is 6.68. The molecule has 1 N–H and O–H groups in total. The van der Waals surface area contributed by atoms with Gasteiger partial charge in [-0.25, -0.2) is 9.48 Å². The van der Waals surface area contributed by atoms with Crippen LogP contribution in [0.5, 0.6) is 0 Å². The van der Waals surface area contributed by atoms with Gasteiger partial charge >= 0.3 is 5.97 Å². The lowest BCUT2D eigenvalue weighted by molar-refractivity contribution is 0.0688. The van der Waals surface area contributed by atoms with Gasteiger partial charge in [0.1, 0.15) is 0 Å². The van der Waals surface area contributed by atoms with Gasteiger partial charge in [0.25, 0.3) is 0 Å². The number of aryl methyl sites for hydroxylation is 1. The van der Waals surface area contributed by atoms with Gasteiger partial charge in [-0.05, 0) is 56.4 Å². The summed E-state index contributed by atoms with van der Waals surface area (Å²) < 4.78 is 1.78. The Balaban J connectivity index is 2.21. The SMILES string of the molecule is Cc1cc(Cl)ccc1-n1nc(C(=O)O)c2c1CCCC2. The second kappa shape index (κ2) is 4.94. The Kier molecular flexibility index (Phi) is 3.26. The molecule has 0 atom stereocenters. The molecule has 0 aliphatic heterocycles. The van der Waals surface area contributed by atoms with Crippen LogP contribution in [-0.2, 0) is 12.8 Å². The number of fused-ring (bicyclic) bond motifs is 1. The number of carboxylic acids is 1. The predicted octanol–water partition coefficient (Wildman–Crippen LogP) is 3.41. The first kappa shape index (κ1) is 13.2. The first-order valence-corrected chi connectivity index (χ1v) is 7.06. The fourth-order valence-corrected chi connectivity index (χ4v) is 3.05. The average Bonchev–Trinajstić information content (AvgIpc) is 2.78. The highest BCUT2D eigenvalue weighted by atomic mass is 35.5. The average molecular weight is 291 g/mol. The lowest BCUT2D eigenvalue weighted by Gasteiger charge is -2.15. The number of aromatic carboxylic acids is 1. The molecule has 0 radical (unpaired) electrons. The van der Waals surface area contributed by atoms with Crippen molar-refractivity contribution in [2.45, 2.75) is 32.6 Å². The molecule has 1 aromatic heterocycles. The summed E-state index contributed by atoms with van der Waals surface area (Å²) in [7, 11) is 0. The molecule has 2 aromatic rings. The van der Waals surface area contributed by atoms with Crippen molar-refractivity contribution < 1.29 is 9.90 Å². The van der Waals surface area contributed by atoms with Gasteiger partial charge in [-0.2, -0.15) is 5.10 Å². The van der Waals surface area contributed by atoms with Crippen LogP contribution in [0.3, 0.4) is 0 Å². The number of hydrogen-bond acceptors (Lipinski definition) is 2. The number of nitrogens with zero attached hydrogens (tertiary/aromatic N) is 2. The molecule has 1 aromatic carbocycles. The third-order valence-electron chi connectivity index (χ3n) is 3.77. The minimum atomic E-state index is -0.950. The van der Waals surface area contributed by atoms with Gasteiger partial charge in [-0.3, -0.25) is 0 Å². The summed E-state index contributed by atoms with van der Waals surface area (Å²) in [6, 6.07) is 5.57. The van der Waals surface area contributed by atoms with E-state index in [9.17, 15) is 9.90 Å². The Morgan fingerprint density at radius 1 is 1.35 bits per heavy atom. The Morgan fingerprint density at radius 2 is 2.10 bits per heavy atom. The fraction of sp³-hybridized carbons (Fsp3) is 0.333. The van der Waals surface area contributed by atoms with Crippen LogP contribution in [0.1, 0.15) is 40.2 Å². The molecule has 104 valence electrons. The first-order chi connectivity index (χ1) is 9.58. The molecular formula is C15H15ClN2O2. The topological polar surface area (TPSA) is 55.1 Å². The molecule has 0 spiro atoms. The van der Waals surface area contributed by atoms with E-state index in [2.05, 4.69) is 5.10 Å². The summed E-state index contributed by atoms with van der Waals surface area (Å²) in [6.07, 6.45) is 3.77. The van der Waals surface area contributed by atoms with Crippen molar-refractivity contribution in [3.05, 3.63) is 45.7 Å². The minimum absolute atomic E-state index is 0.189. The van der Waals surface area contributed by atoms with Gasteiger partial charge in [0.05, 0.1) is 5.69 Å². The number of benzene rings is 1. The molecule has 5 heteroatoms. The smallest absolute Gasteiger partial charge is 0.356 e. The van der Waals surface area contributed by atoms with E-state index in [1.54, 1.807) is 10.7 Å². The largest absolute Gasteiger partial charge is 0.476 e. The van der Waals surface area contributed by atoms with E-state index < -0.39 is 5.97 Å². The van der Waals surface area contributed by atoms with E-state index >= 15 is 0 Å². The Bertz CT molecular complexity index is 691. The van der Waals surface area contributed by atoms with E-state index in [1.807, 2.05) is 19.1 Å². The third kappa shape index (κ3) is 2.10. The second-order valence-corrected chi connectivity index (χ2v) is 5.57. The maximum absolute atomic E-state index is 11.4. The van der Waals surface area contributed by atoms with Crippen molar-refractivity contribution in [2.24, 2.45) is 0 Å². The molecule has 0 amide bonds. The van der Waals surface area contributed by atoms with Crippen molar-refractivity contribution in [2.75, 3.05) is 0 Å². The maximum atomic E-state index is 11.4. The molecule has 1 aliphatic carbocycles. The Labute approximate surface area is 122 Å². The van der Waals surface area contributed by atoms with E-state index in [4.69, 9.17) is 11.6 Å². The minimum Gasteiger partial charge on any atom is -0.476 e. The zero-order valence-corrected chi connectivity index (χ0v) is 11.9. The highest BCUT2D eigenvalue weighted by molar-refractivity contribution is 6.30. The molecule has 0 bridgehead atoms. The molecule has 1 heterocycles. The molecule has 0 saturated heterocycles. The molecule has 20 heavy (non-hydrogen) atoms. The maximum Gasteiger partial charge on any atom is 0.356 e. The van der Waals surface area contributed by atoms with Crippen molar-refractivity contribution in [3.8, 4) is 5.69 Å². The monoisotopic (exact) mass is 290 g/mol. The van der Waals surface area contributed by atoms with Crippen LogP contribution < -0.4 is 0 Å². The van der Waals surface area contributed by atoms with E-state index in [-0.39, 0.29) is 5.69 Å². The highest BCUT2D eigenvalue weighted by Gasteiger charge is 2.25. The molecule has 3 rings (SSSR count). The molecule has 1 aliphatic rings. The van der Waals surface area contributed by atoms with Gasteiger partial charge in [0.15, 0.2) is 5.69 Å². The van der Waals surface area contributed by atoms with Crippen LogP contribution in [0.2, 0.25) is 5.02 Å². The van der Waals surface area contributed by atoms with Crippen LogP contribution in [-0.4, -0.2) is 20.9 Å². The molecule has 0 unspecified atom stereocenters. The molecule has 4 nitrogen and oxygen atoms in total. The third-order valence-corrected chi connectivity index (χ3v) is 4.00. The molecule has 0 saturated carbocycles. The van der Waals surface area contributed by atoms with Crippen molar-refractivity contribution in [1.82, 2.24) is 9.78 Å². The predicted molar refractivity (Wildman–Crippen MR) is 76.9 cm³/mol. The van der Waals surface area contributed by atoms with Gasteiger partial charge in [0, 0.05) is 16.3 Å². The Morgan fingerprint density at radius 3 is 2.80 bits per heavy atom. The summed E-state index contributed by atoms with van der Waals surface area (Å²) in [5.41, 5.74) is 4.00. The number of carbonyl (C=O) groups is 1. The zero-order valence-electron chi connectivity index (χ0n) is 11.2. The number of halogens is 1. The van der Waals surface area contributed by atoms with Crippen LogP contribution in [0.25, 0.3) is 5.69 Å². The van der Waals surface area contributed by atoms with Crippen LogP contribution in [0, 0.1) is 6.92 Å². The second-order valence-electron chi connectivity index (χ2n) is 5.13. The number of rotatable bonds is 2. The normalized spacial score (nSPS) is 14.1. The van der Waals surface area contributed by atoms with Crippen molar-refractivity contribution in [3.63, 3.8) is 0 Å². The van der Waals surface area contributed by atoms with Crippen molar-refractivity contribution >= 4 is 17.6 Å². The quantitative estimate of drug-likeness (QED) is 0.922.